The molecule has 0 radical (unpaired) electrons. The van der Waals surface area contributed by atoms with Gasteiger partial charge in [0.05, 0.1) is 4.92 Å². The predicted molar refractivity (Wildman–Crippen MR) is 86.7 cm³/mol. The molecule has 1 aromatic rings. The number of hydrogen-bond acceptors (Lipinski definition) is 6. The van der Waals surface area contributed by atoms with Crippen molar-refractivity contribution in [1.29, 1.82) is 0 Å². The number of rotatable bonds is 5. The quantitative estimate of drug-likeness (QED) is 0.382. The van der Waals surface area contributed by atoms with Crippen LogP contribution >= 0.6 is 0 Å². The summed E-state index contributed by atoms with van der Waals surface area (Å²) in [6.07, 6.45) is -0.721. The highest BCUT2D eigenvalue weighted by molar-refractivity contribution is 5.83. The van der Waals surface area contributed by atoms with Crippen LogP contribution in [0.1, 0.15) is 34.6 Å². The lowest BCUT2D eigenvalue weighted by atomic mass is 10.1. The van der Waals surface area contributed by atoms with E-state index < -0.39 is 28.6 Å². The molecule has 0 saturated heterocycles. The Morgan fingerprint density at radius 3 is 2.12 bits per heavy atom. The number of ether oxygens (including phenoxy) is 2. The van der Waals surface area contributed by atoms with Gasteiger partial charge in [-0.05, 0) is 38.8 Å². The second-order valence-electron chi connectivity index (χ2n) is 6.54. The zero-order chi connectivity index (χ0) is 18.5. The van der Waals surface area contributed by atoms with E-state index in [1.165, 1.54) is 24.3 Å². The lowest BCUT2D eigenvalue weighted by molar-refractivity contribution is -0.384. The summed E-state index contributed by atoms with van der Waals surface area (Å²) in [5.41, 5.74) is -0.796. The summed E-state index contributed by atoms with van der Waals surface area (Å²) >= 11 is 0. The molecule has 0 unspecified atom stereocenters. The molecule has 1 N–H and O–H groups in total. The van der Waals surface area contributed by atoms with Crippen molar-refractivity contribution < 1.29 is 24.0 Å². The van der Waals surface area contributed by atoms with Gasteiger partial charge in [-0.15, -0.1) is 0 Å². The van der Waals surface area contributed by atoms with E-state index in [-0.39, 0.29) is 17.4 Å². The number of nitrogens with zero attached hydrogens (tertiary/aromatic N) is 1. The number of hydrogen-bond donors (Lipinski definition) is 1. The van der Waals surface area contributed by atoms with Crippen LogP contribution in [0.25, 0.3) is 0 Å². The first-order valence-electron chi connectivity index (χ1n) is 7.45. The van der Waals surface area contributed by atoms with Gasteiger partial charge in [-0.3, -0.25) is 10.1 Å². The van der Waals surface area contributed by atoms with Crippen LogP contribution in [0, 0.1) is 16.0 Å². The third-order valence-corrected chi connectivity index (χ3v) is 2.86. The van der Waals surface area contributed by atoms with Crippen LogP contribution < -0.4 is 10.1 Å². The van der Waals surface area contributed by atoms with Crippen LogP contribution in [0.15, 0.2) is 24.3 Å². The van der Waals surface area contributed by atoms with Crippen LogP contribution in [0.4, 0.5) is 10.5 Å². The van der Waals surface area contributed by atoms with E-state index in [2.05, 4.69) is 5.32 Å². The van der Waals surface area contributed by atoms with Crippen molar-refractivity contribution in [1.82, 2.24) is 5.32 Å². The van der Waals surface area contributed by atoms with E-state index in [1.54, 1.807) is 34.6 Å². The highest BCUT2D eigenvalue weighted by Crippen LogP contribution is 2.18. The summed E-state index contributed by atoms with van der Waals surface area (Å²) in [4.78, 5) is 34.1. The molecule has 1 amide bonds. The Balaban J connectivity index is 2.76. The Kier molecular flexibility index (Phi) is 6.27. The fraction of sp³-hybridized carbons (Fsp3) is 0.500. The van der Waals surface area contributed by atoms with Crippen LogP contribution in [-0.4, -0.2) is 28.6 Å². The molecule has 0 spiro atoms. The molecule has 8 heteroatoms. The molecule has 0 bridgehead atoms. The largest absolute Gasteiger partial charge is 0.444 e. The molecule has 8 nitrogen and oxygen atoms in total. The van der Waals surface area contributed by atoms with Crippen molar-refractivity contribution in [3.63, 3.8) is 0 Å². The van der Waals surface area contributed by atoms with Crippen molar-refractivity contribution in [3.05, 3.63) is 34.4 Å². The van der Waals surface area contributed by atoms with Gasteiger partial charge in [0, 0.05) is 12.1 Å². The molecular formula is C16H22N2O6. The van der Waals surface area contributed by atoms with Crippen LogP contribution in [0.5, 0.6) is 5.75 Å². The Morgan fingerprint density at radius 2 is 1.71 bits per heavy atom. The zero-order valence-corrected chi connectivity index (χ0v) is 14.4. The average Bonchev–Trinajstić information content (AvgIpc) is 2.43. The lowest BCUT2D eigenvalue weighted by Gasteiger charge is -2.24. The van der Waals surface area contributed by atoms with Gasteiger partial charge >= 0.3 is 12.1 Å². The predicted octanol–water partition coefficient (Wildman–Crippen LogP) is 3.05. The summed E-state index contributed by atoms with van der Waals surface area (Å²) in [7, 11) is 0. The molecule has 0 aliphatic rings. The maximum atomic E-state index is 12.2. The molecule has 1 atom stereocenters. The highest BCUT2D eigenvalue weighted by atomic mass is 16.6. The maximum absolute atomic E-state index is 12.2. The third-order valence-electron chi connectivity index (χ3n) is 2.86. The Morgan fingerprint density at radius 1 is 1.17 bits per heavy atom. The molecule has 24 heavy (non-hydrogen) atoms. The fourth-order valence-electron chi connectivity index (χ4n) is 1.75. The minimum absolute atomic E-state index is 0.109. The van der Waals surface area contributed by atoms with Crippen molar-refractivity contribution >= 4 is 17.7 Å². The van der Waals surface area contributed by atoms with Crippen LogP contribution in [0.2, 0.25) is 0 Å². The van der Waals surface area contributed by atoms with E-state index in [4.69, 9.17) is 9.47 Å². The van der Waals surface area contributed by atoms with E-state index >= 15 is 0 Å². The molecule has 0 aromatic heterocycles. The van der Waals surface area contributed by atoms with Crippen molar-refractivity contribution in [3.8, 4) is 5.75 Å². The number of nitro groups is 1. The van der Waals surface area contributed by atoms with Gasteiger partial charge in [0.25, 0.3) is 5.69 Å². The molecule has 0 aliphatic heterocycles. The van der Waals surface area contributed by atoms with Gasteiger partial charge in [0.15, 0.2) is 0 Å². The molecule has 0 fully saturated rings. The Hall–Kier alpha value is -2.64. The zero-order valence-electron chi connectivity index (χ0n) is 14.4. The number of nitro benzene ring substituents is 1. The van der Waals surface area contributed by atoms with Gasteiger partial charge in [-0.2, -0.15) is 0 Å². The maximum Gasteiger partial charge on any atom is 0.408 e. The first-order chi connectivity index (χ1) is 11.0. The molecule has 1 rings (SSSR count). The van der Waals surface area contributed by atoms with Gasteiger partial charge in [0.1, 0.15) is 17.4 Å². The van der Waals surface area contributed by atoms with E-state index in [9.17, 15) is 19.7 Å². The highest BCUT2D eigenvalue weighted by Gasteiger charge is 2.28. The van der Waals surface area contributed by atoms with E-state index in [0.29, 0.717) is 0 Å². The second-order valence-corrected chi connectivity index (χ2v) is 6.54. The average molecular weight is 338 g/mol. The summed E-state index contributed by atoms with van der Waals surface area (Å²) in [6.45, 7) is 8.64. The van der Waals surface area contributed by atoms with Crippen LogP contribution in [0.3, 0.4) is 0 Å². The van der Waals surface area contributed by atoms with Gasteiger partial charge in [-0.25, -0.2) is 9.59 Å². The fourth-order valence-corrected chi connectivity index (χ4v) is 1.75. The monoisotopic (exact) mass is 338 g/mol. The number of benzene rings is 1. The molecular weight excluding hydrogens is 316 g/mol. The summed E-state index contributed by atoms with van der Waals surface area (Å²) < 4.78 is 10.3. The number of nitrogens with one attached hydrogen (secondary N) is 1. The molecule has 1 aromatic carbocycles. The SMILES string of the molecule is CC(C)[C@@H](NC(=O)OC(C)(C)C)C(=O)Oc1ccc([N+](=O)[O-])cc1. The summed E-state index contributed by atoms with van der Waals surface area (Å²) in [6, 6.07) is 4.19. The topological polar surface area (TPSA) is 108 Å². The second kappa shape index (κ2) is 7.76. The lowest BCUT2D eigenvalue weighted by Crippen LogP contribution is -2.48. The Bertz CT molecular complexity index is 604. The number of amides is 1. The standard InChI is InChI=1S/C16H22N2O6/c1-10(2)13(17-15(20)24-16(3,4)5)14(19)23-12-8-6-11(7-9-12)18(21)22/h6-10,13H,1-5H3,(H,17,20)/t13-/m1/s1. The number of carbonyl (C=O) groups is 2. The van der Waals surface area contributed by atoms with Gasteiger partial charge in [0.2, 0.25) is 0 Å². The number of alkyl carbamates (subject to hydrolysis) is 1. The normalized spacial score (nSPS) is 12.4. The van der Waals surface area contributed by atoms with Gasteiger partial charge in [-0.1, -0.05) is 13.8 Å². The molecule has 0 aliphatic carbocycles. The van der Waals surface area contributed by atoms with Crippen molar-refractivity contribution in [2.45, 2.75) is 46.3 Å². The molecule has 0 heterocycles. The Labute approximate surface area is 140 Å². The van der Waals surface area contributed by atoms with Crippen LogP contribution in [-0.2, 0) is 9.53 Å². The molecule has 132 valence electrons. The minimum Gasteiger partial charge on any atom is -0.444 e. The number of esters is 1. The first-order valence-corrected chi connectivity index (χ1v) is 7.45. The minimum atomic E-state index is -0.907. The van der Waals surface area contributed by atoms with Gasteiger partial charge < -0.3 is 14.8 Å². The van der Waals surface area contributed by atoms with Crippen molar-refractivity contribution in [2.75, 3.05) is 0 Å². The number of non-ortho nitro benzene ring substituents is 1. The summed E-state index contributed by atoms with van der Waals surface area (Å²) in [5, 5.41) is 13.1. The van der Waals surface area contributed by atoms with E-state index in [1.807, 2.05) is 0 Å². The smallest absolute Gasteiger partial charge is 0.408 e. The molecule has 0 saturated carbocycles. The third kappa shape index (κ3) is 6.23. The first kappa shape index (κ1) is 19.4. The summed E-state index contributed by atoms with van der Waals surface area (Å²) in [5.74, 6) is -0.755. The van der Waals surface area contributed by atoms with Crippen molar-refractivity contribution in [2.24, 2.45) is 5.92 Å². The van der Waals surface area contributed by atoms with E-state index in [0.717, 1.165) is 0 Å². The number of carbonyl (C=O) groups excluding carboxylic acids is 2.